The van der Waals surface area contributed by atoms with E-state index in [0.29, 0.717) is 13.2 Å². The maximum absolute atomic E-state index is 12.2. The summed E-state index contributed by atoms with van der Waals surface area (Å²) in [6.07, 6.45) is 7.72. The summed E-state index contributed by atoms with van der Waals surface area (Å²) in [6.45, 7) is 2.77. The van der Waals surface area contributed by atoms with Crippen LogP contribution < -0.4 is 10.0 Å². The third kappa shape index (κ3) is 5.49. The van der Waals surface area contributed by atoms with E-state index in [1.807, 2.05) is 0 Å². The SMILES string of the molecule is CN(C1CCCCC1)S(=O)(=O)NCCOC1CCNCC1. The summed E-state index contributed by atoms with van der Waals surface area (Å²) in [6, 6.07) is 0.154. The summed E-state index contributed by atoms with van der Waals surface area (Å²) < 4.78 is 34.3. The van der Waals surface area contributed by atoms with Crippen LogP contribution in [0.25, 0.3) is 0 Å². The van der Waals surface area contributed by atoms with Crippen LogP contribution >= 0.6 is 0 Å². The third-order valence-electron chi connectivity index (χ3n) is 4.49. The lowest BCUT2D eigenvalue weighted by molar-refractivity contribution is 0.0365. The number of hydrogen-bond acceptors (Lipinski definition) is 4. The molecule has 2 fully saturated rings. The van der Waals surface area contributed by atoms with Crippen LogP contribution in [0.3, 0.4) is 0 Å². The molecule has 124 valence electrons. The molecule has 0 unspecified atom stereocenters. The molecule has 21 heavy (non-hydrogen) atoms. The molecule has 0 bridgehead atoms. The van der Waals surface area contributed by atoms with E-state index in [-0.39, 0.29) is 12.1 Å². The zero-order valence-electron chi connectivity index (χ0n) is 13.0. The van der Waals surface area contributed by atoms with Crippen LogP contribution in [0.1, 0.15) is 44.9 Å². The Balaban J connectivity index is 1.67. The van der Waals surface area contributed by atoms with Gasteiger partial charge in [0, 0.05) is 19.6 Å². The first-order valence-electron chi connectivity index (χ1n) is 8.14. The minimum absolute atomic E-state index is 0.154. The predicted octanol–water partition coefficient (Wildman–Crippen LogP) is 0.854. The fraction of sp³-hybridized carbons (Fsp3) is 1.00. The number of nitrogens with one attached hydrogen (secondary N) is 2. The molecule has 0 amide bonds. The van der Waals surface area contributed by atoms with Gasteiger partial charge < -0.3 is 10.1 Å². The predicted molar refractivity (Wildman–Crippen MR) is 83.4 cm³/mol. The van der Waals surface area contributed by atoms with Gasteiger partial charge in [0.2, 0.25) is 0 Å². The summed E-state index contributed by atoms with van der Waals surface area (Å²) >= 11 is 0. The Labute approximate surface area is 128 Å². The van der Waals surface area contributed by atoms with E-state index in [0.717, 1.165) is 51.6 Å². The minimum atomic E-state index is -3.37. The summed E-state index contributed by atoms with van der Waals surface area (Å²) in [7, 11) is -1.69. The van der Waals surface area contributed by atoms with Crippen LogP contribution in [0.15, 0.2) is 0 Å². The lowest BCUT2D eigenvalue weighted by Crippen LogP contribution is -2.46. The van der Waals surface area contributed by atoms with Gasteiger partial charge in [-0.2, -0.15) is 17.4 Å². The standard InChI is InChI=1S/C14H29N3O3S/c1-17(13-5-3-2-4-6-13)21(18,19)16-11-12-20-14-7-9-15-10-8-14/h13-16H,2-12H2,1H3. The lowest BCUT2D eigenvalue weighted by atomic mass is 9.96. The number of nitrogens with zero attached hydrogens (tertiary/aromatic N) is 1. The van der Waals surface area contributed by atoms with Crippen molar-refractivity contribution in [1.82, 2.24) is 14.3 Å². The van der Waals surface area contributed by atoms with Crippen LogP contribution in [0.2, 0.25) is 0 Å². The highest BCUT2D eigenvalue weighted by molar-refractivity contribution is 7.87. The van der Waals surface area contributed by atoms with Crippen molar-refractivity contribution < 1.29 is 13.2 Å². The largest absolute Gasteiger partial charge is 0.377 e. The first-order valence-corrected chi connectivity index (χ1v) is 9.58. The highest BCUT2D eigenvalue weighted by atomic mass is 32.2. The topological polar surface area (TPSA) is 70.7 Å². The van der Waals surface area contributed by atoms with Crippen molar-refractivity contribution in [2.45, 2.75) is 57.1 Å². The Bertz CT molecular complexity index is 390. The molecule has 0 radical (unpaired) electrons. The second-order valence-electron chi connectivity index (χ2n) is 6.03. The molecular weight excluding hydrogens is 290 g/mol. The average molecular weight is 319 g/mol. The molecule has 2 N–H and O–H groups in total. The Morgan fingerprint density at radius 1 is 1.14 bits per heavy atom. The molecule has 0 aromatic carbocycles. The molecule has 0 aromatic heterocycles. The van der Waals surface area contributed by atoms with Crippen molar-refractivity contribution in [3.63, 3.8) is 0 Å². The van der Waals surface area contributed by atoms with E-state index in [2.05, 4.69) is 10.0 Å². The molecule has 1 saturated carbocycles. The van der Waals surface area contributed by atoms with Gasteiger partial charge in [0.05, 0.1) is 12.7 Å². The lowest BCUT2D eigenvalue weighted by Gasteiger charge is -2.30. The number of piperidine rings is 1. The van der Waals surface area contributed by atoms with Crippen molar-refractivity contribution in [1.29, 1.82) is 0 Å². The number of ether oxygens (including phenoxy) is 1. The van der Waals surface area contributed by atoms with E-state index in [1.165, 1.54) is 10.7 Å². The van der Waals surface area contributed by atoms with Gasteiger partial charge in [-0.05, 0) is 38.8 Å². The minimum Gasteiger partial charge on any atom is -0.377 e. The Kier molecular flexibility index (Phi) is 6.88. The van der Waals surface area contributed by atoms with Crippen molar-refractivity contribution in [3.05, 3.63) is 0 Å². The van der Waals surface area contributed by atoms with Crippen LogP contribution in [0.4, 0.5) is 0 Å². The Morgan fingerprint density at radius 3 is 2.48 bits per heavy atom. The molecule has 1 saturated heterocycles. The fourth-order valence-corrected chi connectivity index (χ4v) is 4.25. The molecule has 0 atom stereocenters. The Hall–Kier alpha value is -0.210. The number of rotatable bonds is 7. The smallest absolute Gasteiger partial charge is 0.279 e. The summed E-state index contributed by atoms with van der Waals surface area (Å²) in [5.41, 5.74) is 0. The first kappa shape index (κ1) is 17.1. The second kappa shape index (κ2) is 8.43. The van der Waals surface area contributed by atoms with Crippen LogP contribution in [-0.2, 0) is 14.9 Å². The first-order chi connectivity index (χ1) is 10.1. The highest BCUT2D eigenvalue weighted by Crippen LogP contribution is 2.22. The van der Waals surface area contributed by atoms with Gasteiger partial charge in [-0.1, -0.05) is 19.3 Å². The quantitative estimate of drug-likeness (QED) is 0.683. The second-order valence-corrected chi connectivity index (χ2v) is 7.84. The molecule has 6 nitrogen and oxygen atoms in total. The fourth-order valence-electron chi connectivity index (χ4n) is 3.10. The zero-order chi connectivity index (χ0) is 15.1. The van der Waals surface area contributed by atoms with E-state index in [4.69, 9.17) is 4.74 Å². The molecule has 1 heterocycles. The van der Waals surface area contributed by atoms with Gasteiger partial charge in [0.15, 0.2) is 0 Å². The summed E-state index contributed by atoms with van der Waals surface area (Å²) in [5.74, 6) is 0. The Morgan fingerprint density at radius 2 is 1.81 bits per heavy atom. The molecular formula is C14H29N3O3S. The molecule has 0 aromatic rings. The van der Waals surface area contributed by atoms with Crippen molar-refractivity contribution in [3.8, 4) is 0 Å². The third-order valence-corrected chi connectivity index (χ3v) is 6.12. The number of hydrogen-bond donors (Lipinski definition) is 2. The van der Waals surface area contributed by atoms with Gasteiger partial charge in [0.25, 0.3) is 10.2 Å². The van der Waals surface area contributed by atoms with Crippen molar-refractivity contribution >= 4 is 10.2 Å². The van der Waals surface area contributed by atoms with Crippen LogP contribution in [0, 0.1) is 0 Å². The highest BCUT2D eigenvalue weighted by Gasteiger charge is 2.27. The molecule has 1 aliphatic heterocycles. The molecule has 7 heteroatoms. The van der Waals surface area contributed by atoms with Crippen molar-refractivity contribution in [2.24, 2.45) is 0 Å². The van der Waals surface area contributed by atoms with Gasteiger partial charge >= 0.3 is 0 Å². The van der Waals surface area contributed by atoms with Crippen LogP contribution in [0.5, 0.6) is 0 Å². The normalized spacial score (nSPS) is 22.8. The zero-order valence-corrected chi connectivity index (χ0v) is 13.8. The monoisotopic (exact) mass is 319 g/mol. The van der Waals surface area contributed by atoms with E-state index >= 15 is 0 Å². The van der Waals surface area contributed by atoms with E-state index in [9.17, 15) is 8.42 Å². The van der Waals surface area contributed by atoms with Gasteiger partial charge in [-0.15, -0.1) is 0 Å². The van der Waals surface area contributed by atoms with Crippen molar-refractivity contribution in [2.75, 3.05) is 33.3 Å². The van der Waals surface area contributed by atoms with Gasteiger partial charge in [0.1, 0.15) is 0 Å². The summed E-state index contributed by atoms with van der Waals surface area (Å²) in [4.78, 5) is 0. The summed E-state index contributed by atoms with van der Waals surface area (Å²) in [5, 5.41) is 3.28. The van der Waals surface area contributed by atoms with Crippen LogP contribution in [-0.4, -0.2) is 58.2 Å². The van der Waals surface area contributed by atoms with E-state index < -0.39 is 10.2 Å². The molecule has 1 aliphatic carbocycles. The maximum Gasteiger partial charge on any atom is 0.279 e. The molecule has 2 rings (SSSR count). The molecule has 2 aliphatic rings. The van der Waals surface area contributed by atoms with Gasteiger partial charge in [-0.25, -0.2) is 0 Å². The van der Waals surface area contributed by atoms with Gasteiger partial charge in [-0.3, -0.25) is 0 Å². The molecule has 0 spiro atoms. The maximum atomic E-state index is 12.2. The average Bonchev–Trinajstić information content (AvgIpc) is 2.53. The van der Waals surface area contributed by atoms with E-state index in [1.54, 1.807) is 7.05 Å².